The van der Waals surface area contributed by atoms with E-state index in [4.69, 9.17) is 0 Å². The van der Waals surface area contributed by atoms with E-state index in [1.165, 1.54) is 6.42 Å². The highest BCUT2D eigenvalue weighted by Crippen LogP contribution is 2.02. The third-order valence-corrected chi connectivity index (χ3v) is 2.61. The molecule has 4 heteroatoms. The molecule has 0 radical (unpaired) electrons. The van der Waals surface area contributed by atoms with Crippen LogP contribution in [0.15, 0.2) is 0 Å². The number of piperidine rings is 1. The van der Waals surface area contributed by atoms with Crippen molar-refractivity contribution in [2.75, 3.05) is 13.1 Å². The molecule has 2 atom stereocenters. The highest BCUT2D eigenvalue weighted by molar-refractivity contribution is 5.81. The van der Waals surface area contributed by atoms with Crippen molar-refractivity contribution >= 4 is 5.91 Å². The molecule has 2 unspecified atom stereocenters. The Morgan fingerprint density at radius 1 is 1.40 bits per heavy atom. The first-order valence-corrected chi connectivity index (χ1v) is 5.86. The summed E-state index contributed by atoms with van der Waals surface area (Å²) in [7, 11) is 0. The van der Waals surface area contributed by atoms with Gasteiger partial charge in [0.2, 0.25) is 5.91 Å². The largest absolute Gasteiger partial charge is 0.353 e. The molecule has 88 valence electrons. The van der Waals surface area contributed by atoms with Crippen LogP contribution in [0.2, 0.25) is 0 Å². The van der Waals surface area contributed by atoms with Crippen LogP contribution in [0, 0.1) is 0 Å². The van der Waals surface area contributed by atoms with Crippen LogP contribution < -0.4 is 16.0 Å². The van der Waals surface area contributed by atoms with Gasteiger partial charge in [0.05, 0.1) is 6.04 Å². The van der Waals surface area contributed by atoms with Gasteiger partial charge in [-0.25, -0.2) is 0 Å². The third kappa shape index (κ3) is 4.62. The molecule has 0 aromatic rings. The molecule has 1 rings (SSSR count). The van der Waals surface area contributed by atoms with Crippen molar-refractivity contribution in [3.8, 4) is 0 Å². The fraction of sp³-hybridized carbons (Fsp3) is 0.909. The lowest BCUT2D eigenvalue weighted by Crippen LogP contribution is -2.52. The standard InChI is InChI=1S/C11H23N3O/c1-8(2)13-11(15)9(3)14-10-5-4-6-12-7-10/h8-10,12,14H,4-7H2,1-3H3,(H,13,15). The number of carbonyl (C=O) groups is 1. The molecular formula is C11H23N3O. The van der Waals surface area contributed by atoms with E-state index in [-0.39, 0.29) is 18.0 Å². The molecule has 15 heavy (non-hydrogen) atoms. The second-order valence-electron chi connectivity index (χ2n) is 4.59. The van der Waals surface area contributed by atoms with Gasteiger partial charge in [-0.05, 0) is 40.2 Å². The Balaban J connectivity index is 2.26. The van der Waals surface area contributed by atoms with Gasteiger partial charge in [0, 0.05) is 18.6 Å². The van der Waals surface area contributed by atoms with Crippen LogP contribution in [-0.4, -0.2) is 37.1 Å². The number of hydrogen-bond donors (Lipinski definition) is 3. The normalized spacial score (nSPS) is 23.9. The van der Waals surface area contributed by atoms with Crippen molar-refractivity contribution in [1.29, 1.82) is 0 Å². The lowest BCUT2D eigenvalue weighted by atomic mass is 10.1. The lowest BCUT2D eigenvalue weighted by molar-refractivity contribution is -0.123. The summed E-state index contributed by atoms with van der Waals surface area (Å²) < 4.78 is 0. The number of carbonyl (C=O) groups excluding carboxylic acids is 1. The minimum absolute atomic E-state index is 0.0931. The van der Waals surface area contributed by atoms with Crippen LogP contribution in [0.1, 0.15) is 33.6 Å². The second kappa shape index (κ2) is 6.08. The van der Waals surface area contributed by atoms with Crippen LogP contribution >= 0.6 is 0 Å². The predicted octanol–water partition coefficient (Wildman–Crippen LogP) is 0.241. The zero-order valence-corrected chi connectivity index (χ0v) is 9.97. The predicted molar refractivity (Wildman–Crippen MR) is 61.8 cm³/mol. The topological polar surface area (TPSA) is 53.2 Å². The molecule has 0 aromatic carbocycles. The van der Waals surface area contributed by atoms with Gasteiger partial charge in [-0.3, -0.25) is 4.79 Å². The maximum atomic E-state index is 11.6. The van der Waals surface area contributed by atoms with E-state index in [2.05, 4.69) is 16.0 Å². The maximum Gasteiger partial charge on any atom is 0.237 e. The van der Waals surface area contributed by atoms with Gasteiger partial charge in [-0.1, -0.05) is 0 Å². The Morgan fingerprint density at radius 3 is 2.67 bits per heavy atom. The molecule has 1 heterocycles. The van der Waals surface area contributed by atoms with Crippen LogP contribution in [0.4, 0.5) is 0 Å². The molecule has 0 bridgehead atoms. The van der Waals surface area contributed by atoms with Gasteiger partial charge >= 0.3 is 0 Å². The number of hydrogen-bond acceptors (Lipinski definition) is 3. The molecule has 3 N–H and O–H groups in total. The van der Waals surface area contributed by atoms with E-state index in [0.717, 1.165) is 19.5 Å². The van der Waals surface area contributed by atoms with Gasteiger partial charge in [-0.2, -0.15) is 0 Å². The molecule has 1 fully saturated rings. The Labute approximate surface area is 92.2 Å². The molecule has 4 nitrogen and oxygen atoms in total. The smallest absolute Gasteiger partial charge is 0.237 e. The van der Waals surface area contributed by atoms with Gasteiger partial charge < -0.3 is 16.0 Å². The van der Waals surface area contributed by atoms with Crippen molar-refractivity contribution in [3.63, 3.8) is 0 Å². The van der Waals surface area contributed by atoms with Crippen LogP contribution in [0.3, 0.4) is 0 Å². The quantitative estimate of drug-likeness (QED) is 0.627. The third-order valence-electron chi connectivity index (χ3n) is 2.61. The Hall–Kier alpha value is -0.610. The molecule has 0 saturated carbocycles. The number of amides is 1. The number of nitrogens with one attached hydrogen (secondary N) is 3. The van der Waals surface area contributed by atoms with Crippen molar-refractivity contribution in [3.05, 3.63) is 0 Å². The first kappa shape index (κ1) is 12.5. The van der Waals surface area contributed by atoms with E-state index in [0.29, 0.717) is 6.04 Å². The average Bonchev–Trinajstić information content (AvgIpc) is 2.18. The van der Waals surface area contributed by atoms with Crippen LogP contribution in [-0.2, 0) is 4.79 Å². The Kier molecular flexibility index (Phi) is 5.05. The van der Waals surface area contributed by atoms with Crippen molar-refractivity contribution in [2.24, 2.45) is 0 Å². The summed E-state index contributed by atoms with van der Waals surface area (Å²) in [5.74, 6) is 0.0931. The number of rotatable bonds is 4. The zero-order valence-electron chi connectivity index (χ0n) is 9.97. The monoisotopic (exact) mass is 213 g/mol. The first-order valence-electron chi connectivity index (χ1n) is 5.86. The van der Waals surface area contributed by atoms with Crippen LogP contribution in [0.25, 0.3) is 0 Å². The fourth-order valence-electron chi connectivity index (χ4n) is 1.83. The molecule has 1 aliphatic rings. The zero-order chi connectivity index (χ0) is 11.3. The average molecular weight is 213 g/mol. The van der Waals surface area contributed by atoms with E-state index >= 15 is 0 Å². The van der Waals surface area contributed by atoms with Crippen molar-refractivity contribution in [2.45, 2.75) is 51.7 Å². The fourth-order valence-corrected chi connectivity index (χ4v) is 1.83. The summed E-state index contributed by atoms with van der Waals surface area (Å²) in [4.78, 5) is 11.6. The molecular weight excluding hydrogens is 190 g/mol. The van der Waals surface area contributed by atoms with E-state index in [1.54, 1.807) is 0 Å². The highest BCUT2D eigenvalue weighted by Gasteiger charge is 2.19. The molecule has 0 aliphatic carbocycles. The Morgan fingerprint density at radius 2 is 2.13 bits per heavy atom. The van der Waals surface area contributed by atoms with Gasteiger partial charge in [0.25, 0.3) is 0 Å². The van der Waals surface area contributed by atoms with Crippen molar-refractivity contribution in [1.82, 2.24) is 16.0 Å². The second-order valence-corrected chi connectivity index (χ2v) is 4.59. The highest BCUT2D eigenvalue weighted by atomic mass is 16.2. The minimum atomic E-state index is -0.0997. The minimum Gasteiger partial charge on any atom is -0.353 e. The molecule has 1 aliphatic heterocycles. The molecule has 1 amide bonds. The first-order chi connectivity index (χ1) is 7.09. The SMILES string of the molecule is CC(C)NC(=O)C(C)NC1CCCNC1. The van der Waals surface area contributed by atoms with Gasteiger partial charge in [-0.15, -0.1) is 0 Å². The van der Waals surface area contributed by atoms with Gasteiger partial charge in [0.1, 0.15) is 0 Å². The summed E-state index contributed by atoms with van der Waals surface area (Å²) >= 11 is 0. The maximum absolute atomic E-state index is 11.6. The lowest BCUT2D eigenvalue weighted by Gasteiger charge is -2.27. The van der Waals surface area contributed by atoms with Gasteiger partial charge in [0.15, 0.2) is 0 Å². The summed E-state index contributed by atoms with van der Waals surface area (Å²) in [6.45, 7) is 7.95. The Bertz CT molecular complexity index is 200. The van der Waals surface area contributed by atoms with E-state index in [1.807, 2.05) is 20.8 Å². The molecule has 1 saturated heterocycles. The summed E-state index contributed by atoms with van der Waals surface area (Å²) in [6, 6.07) is 0.551. The summed E-state index contributed by atoms with van der Waals surface area (Å²) in [5, 5.41) is 9.59. The summed E-state index contributed by atoms with van der Waals surface area (Å²) in [5.41, 5.74) is 0. The van der Waals surface area contributed by atoms with Crippen LogP contribution in [0.5, 0.6) is 0 Å². The van der Waals surface area contributed by atoms with E-state index < -0.39 is 0 Å². The molecule has 0 spiro atoms. The molecule has 0 aromatic heterocycles. The van der Waals surface area contributed by atoms with Crippen molar-refractivity contribution < 1.29 is 4.79 Å². The summed E-state index contributed by atoms with van der Waals surface area (Å²) in [6.07, 6.45) is 2.35. The van der Waals surface area contributed by atoms with E-state index in [9.17, 15) is 4.79 Å².